The Kier molecular flexibility index (Phi) is 6.71. The van der Waals surface area contributed by atoms with Crippen LogP contribution in [0.4, 0.5) is 0 Å². The normalized spacial score (nSPS) is 15.9. The van der Waals surface area contributed by atoms with Gasteiger partial charge in [-0.15, -0.1) is 0 Å². The van der Waals surface area contributed by atoms with Crippen molar-refractivity contribution in [2.75, 3.05) is 6.54 Å². The van der Waals surface area contributed by atoms with Crippen LogP contribution in [0.1, 0.15) is 29.8 Å². The highest BCUT2D eigenvalue weighted by molar-refractivity contribution is 6.17. The molecule has 28 heavy (non-hydrogen) atoms. The summed E-state index contributed by atoms with van der Waals surface area (Å²) in [5, 5.41) is 7.67. The number of hydrogen-bond acceptors (Lipinski definition) is 5. The van der Waals surface area contributed by atoms with Crippen molar-refractivity contribution < 1.29 is 9.59 Å². The van der Waals surface area contributed by atoms with Crippen molar-refractivity contribution in [2.45, 2.75) is 26.8 Å². The van der Waals surface area contributed by atoms with E-state index in [4.69, 9.17) is 5.41 Å². The lowest BCUT2D eigenvalue weighted by molar-refractivity contribution is -0.126. The Labute approximate surface area is 165 Å². The molecule has 0 bridgehead atoms. The van der Waals surface area contributed by atoms with Crippen LogP contribution >= 0.6 is 0 Å². The van der Waals surface area contributed by atoms with E-state index in [1.54, 1.807) is 23.2 Å². The Balaban J connectivity index is 2.46. The van der Waals surface area contributed by atoms with E-state index in [9.17, 15) is 9.59 Å². The molecule has 0 aliphatic carbocycles. The van der Waals surface area contributed by atoms with Crippen molar-refractivity contribution >= 4 is 24.6 Å². The van der Waals surface area contributed by atoms with Gasteiger partial charge in [0, 0.05) is 41.5 Å². The molecule has 0 saturated carbocycles. The maximum absolute atomic E-state index is 13.1. The lowest BCUT2D eigenvalue weighted by atomic mass is 10.0. The van der Waals surface area contributed by atoms with Gasteiger partial charge in [-0.1, -0.05) is 18.2 Å². The summed E-state index contributed by atoms with van der Waals surface area (Å²) >= 11 is 0. The van der Waals surface area contributed by atoms with Crippen LogP contribution in [-0.4, -0.2) is 47.1 Å². The molecule has 0 spiro atoms. The highest BCUT2D eigenvalue weighted by Gasteiger charge is 2.36. The zero-order valence-electron chi connectivity index (χ0n) is 16.4. The Morgan fingerprint density at radius 3 is 2.71 bits per heavy atom. The van der Waals surface area contributed by atoms with E-state index in [0.29, 0.717) is 16.7 Å². The second-order valence-electron chi connectivity index (χ2n) is 6.71. The minimum Gasteiger partial charge on any atom is -0.327 e. The predicted octanol–water partition coefficient (Wildman–Crippen LogP) is 3.47. The van der Waals surface area contributed by atoms with Gasteiger partial charge in [0.2, 0.25) is 0 Å². The monoisotopic (exact) mass is 376 g/mol. The number of aryl methyl sites for hydroxylation is 1. The van der Waals surface area contributed by atoms with E-state index in [0.717, 1.165) is 11.1 Å². The van der Waals surface area contributed by atoms with Crippen LogP contribution in [0.15, 0.2) is 70.7 Å². The summed E-state index contributed by atoms with van der Waals surface area (Å²) in [6, 6.07) is 1.36. The smallest absolute Gasteiger partial charge is 0.255 e. The summed E-state index contributed by atoms with van der Waals surface area (Å²) in [5.41, 5.74) is 3.37. The number of hydrogen-bond donors (Lipinski definition) is 1. The number of nitrogens with one attached hydrogen (secondary N) is 1. The molecule has 0 aromatic carbocycles. The van der Waals surface area contributed by atoms with Crippen molar-refractivity contribution in [3.63, 3.8) is 0 Å². The van der Waals surface area contributed by atoms with Crippen LogP contribution in [0.2, 0.25) is 0 Å². The number of carbonyl (C=O) groups is 2. The van der Waals surface area contributed by atoms with Gasteiger partial charge >= 0.3 is 0 Å². The van der Waals surface area contributed by atoms with Crippen molar-refractivity contribution in [2.24, 2.45) is 4.99 Å². The molecule has 1 aromatic rings. The molecule has 0 fully saturated rings. The van der Waals surface area contributed by atoms with Gasteiger partial charge in [0.25, 0.3) is 5.91 Å². The number of aliphatic imine (C=N–C) groups is 1. The number of amides is 1. The van der Waals surface area contributed by atoms with E-state index >= 15 is 0 Å². The number of allylic oxidation sites excluding steroid dienone is 2. The third-order valence-electron chi connectivity index (χ3n) is 4.43. The molecule has 1 amide bonds. The molecule has 0 saturated heterocycles. The van der Waals surface area contributed by atoms with Crippen LogP contribution in [0, 0.1) is 12.3 Å². The first-order valence-electron chi connectivity index (χ1n) is 8.80. The molecular weight excluding hydrogens is 352 g/mol. The number of Topliss-reactive ketones (excluding diaryl/α,β-unsaturated/α-hetero) is 1. The van der Waals surface area contributed by atoms with Crippen LogP contribution < -0.4 is 0 Å². The van der Waals surface area contributed by atoms with Crippen molar-refractivity contribution in [3.8, 4) is 0 Å². The van der Waals surface area contributed by atoms with Gasteiger partial charge in [-0.05, 0) is 50.8 Å². The van der Waals surface area contributed by atoms with Gasteiger partial charge in [-0.2, -0.15) is 0 Å². The molecule has 1 aliphatic heterocycles. The maximum atomic E-state index is 13.1. The average molecular weight is 376 g/mol. The number of pyridine rings is 1. The summed E-state index contributed by atoms with van der Waals surface area (Å²) in [6.45, 7) is 12.9. The minimum atomic E-state index is -0.386. The van der Waals surface area contributed by atoms with Crippen molar-refractivity contribution in [1.82, 2.24) is 9.88 Å². The topological polar surface area (TPSA) is 86.5 Å². The van der Waals surface area contributed by atoms with E-state index in [-0.39, 0.29) is 29.9 Å². The minimum absolute atomic E-state index is 0.144. The SMILES string of the molecule is C=N/C=C\C1=C(C(=O)c2cncc(C)c2)CN(C(C)/C(C=N)=C/C(=C)C)C1=O. The lowest BCUT2D eigenvalue weighted by Crippen LogP contribution is -2.37. The number of aromatic nitrogens is 1. The second-order valence-corrected chi connectivity index (χ2v) is 6.71. The lowest BCUT2D eigenvalue weighted by Gasteiger charge is -2.26. The molecule has 1 atom stereocenters. The first kappa shape index (κ1) is 20.9. The first-order valence-corrected chi connectivity index (χ1v) is 8.80. The number of ketones is 1. The van der Waals surface area contributed by atoms with Gasteiger partial charge in [0.15, 0.2) is 5.78 Å². The second kappa shape index (κ2) is 8.99. The van der Waals surface area contributed by atoms with Crippen LogP contribution in [0.5, 0.6) is 0 Å². The molecule has 1 aromatic heterocycles. The predicted molar refractivity (Wildman–Crippen MR) is 112 cm³/mol. The molecule has 2 rings (SSSR count). The van der Waals surface area contributed by atoms with E-state index in [1.807, 2.05) is 20.8 Å². The molecule has 1 aliphatic rings. The molecule has 2 heterocycles. The third kappa shape index (κ3) is 4.46. The van der Waals surface area contributed by atoms with E-state index < -0.39 is 0 Å². The summed E-state index contributed by atoms with van der Waals surface area (Å²) in [5.74, 6) is -0.533. The fraction of sp³-hybridized carbons (Fsp3) is 0.227. The zero-order valence-corrected chi connectivity index (χ0v) is 16.4. The molecule has 0 radical (unpaired) electrons. The van der Waals surface area contributed by atoms with Crippen LogP contribution in [0.25, 0.3) is 0 Å². The molecule has 6 heteroatoms. The maximum Gasteiger partial charge on any atom is 0.255 e. The Morgan fingerprint density at radius 1 is 1.43 bits per heavy atom. The van der Waals surface area contributed by atoms with Gasteiger partial charge in [-0.3, -0.25) is 19.6 Å². The standard InChI is InChI=1S/C22H24N4O2/c1-14(2)8-17(10-23)16(4)26-13-20(19(22(26)28)6-7-24-5)21(27)18-9-15(3)11-25-12-18/h6-12,16,23H,1,5,13H2,2-4H3/b7-6-,17-8+,23-10?. The van der Waals surface area contributed by atoms with Gasteiger partial charge in [0.05, 0.1) is 12.6 Å². The molecule has 144 valence electrons. The summed E-state index contributed by atoms with van der Waals surface area (Å²) < 4.78 is 0. The first-order chi connectivity index (χ1) is 13.3. The van der Waals surface area contributed by atoms with E-state index in [1.165, 1.54) is 24.7 Å². The molecule has 1 unspecified atom stereocenters. The Morgan fingerprint density at radius 2 is 2.14 bits per heavy atom. The van der Waals surface area contributed by atoms with Crippen molar-refractivity contribution in [1.29, 1.82) is 5.41 Å². The Bertz CT molecular complexity index is 938. The number of carbonyl (C=O) groups excluding carboxylic acids is 2. The van der Waals surface area contributed by atoms with Crippen LogP contribution in [-0.2, 0) is 4.79 Å². The van der Waals surface area contributed by atoms with Crippen molar-refractivity contribution in [3.05, 3.63) is 76.8 Å². The average Bonchev–Trinajstić information content (AvgIpc) is 2.99. The van der Waals surface area contributed by atoms with Crippen LogP contribution in [0.3, 0.4) is 0 Å². The summed E-state index contributed by atoms with van der Waals surface area (Å²) in [6.07, 6.45) is 9.03. The largest absolute Gasteiger partial charge is 0.327 e. The zero-order chi connectivity index (χ0) is 20.8. The van der Waals surface area contributed by atoms with Gasteiger partial charge < -0.3 is 10.3 Å². The van der Waals surface area contributed by atoms with Gasteiger partial charge in [0.1, 0.15) is 0 Å². The Hall–Kier alpha value is -3.41. The highest BCUT2D eigenvalue weighted by Crippen LogP contribution is 2.27. The molecule has 1 N–H and O–H groups in total. The van der Waals surface area contributed by atoms with Gasteiger partial charge in [-0.25, -0.2) is 0 Å². The summed E-state index contributed by atoms with van der Waals surface area (Å²) in [4.78, 5) is 35.4. The molecule has 6 nitrogen and oxygen atoms in total. The highest BCUT2D eigenvalue weighted by atomic mass is 16.2. The van der Waals surface area contributed by atoms with E-state index in [2.05, 4.69) is 23.3 Å². The quantitative estimate of drug-likeness (QED) is 0.428. The fourth-order valence-corrected chi connectivity index (χ4v) is 3.02. The third-order valence-corrected chi connectivity index (χ3v) is 4.43. The number of nitrogens with zero attached hydrogens (tertiary/aromatic N) is 3. The number of rotatable bonds is 8. The molecular formula is C22H24N4O2. The summed E-state index contributed by atoms with van der Waals surface area (Å²) in [7, 11) is 0. The fourth-order valence-electron chi connectivity index (χ4n) is 3.02.